The molecule has 2 atom stereocenters. The maximum atomic E-state index is 9.84. The molecule has 0 amide bonds. The predicted molar refractivity (Wildman–Crippen MR) is 66.1 cm³/mol. The number of aliphatic hydroxyl groups excluding tert-OH is 2. The first kappa shape index (κ1) is 12.9. The first-order valence-electron chi connectivity index (χ1n) is 5.83. The van der Waals surface area contributed by atoms with E-state index >= 15 is 0 Å². The highest BCUT2D eigenvalue weighted by molar-refractivity contribution is 5.19. The SMILES string of the molecule is CCCC/C=C\[C@@H](O)[C@@H](O)c1ccccc1. The van der Waals surface area contributed by atoms with E-state index in [4.69, 9.17) is 0 Å². The second-order valence-corrected chi connectivity index (χ2v) is 3.92. The van der Waals surface area contributed by atoms with E-state index in [1.54, 1.807) is 6.08 Å². The van der Waals surface area contributed by atoms with Crippen molar-refractivity contribution in [3.8, 4) is 0 Å². The molecule has 1 aromatic carbocycles. The zero-order valence-corrected chi connectivity index (χ0v) is 9.71. The molecular weight excluding hydrogens is 200 g/mol. The van der Waals surface area contributed by atoms with Gasteiger partial charge >= 0.3 is 0 Å². The summed E-state index contributed by atoms with van der Waals surface area (Å²) >= 11 is 0. The Hall–Kier alpha value is -1.12. The number of unbranched alkanes of at least 4 members (excludes halogenated alkanes) is 2. The molecule has 0 spiro atoms. The number of aliphatic hydroxyl groups is 2. The molecular formula is C14H20O2. The van der Waals surface area contributed by atoms with Crippen LogP contribution in [0.3, 0.4) is 0 Å². The van der Waals surface area contributed by atoms with Crippen molar-refractivity contribution in [1.29, 1.82) is 0 Å². The first-order valence-corrected chi connectivity index (χ1v) is 5.83. The fraction of sp³-hybridized carbons (Fsp3) is 0.429. The molecule has 2 nitrogen and oxygen atoms in total. The minimum atomic E-state index is -0.834. The lowest BCUT2D eigenvalue weighted by atomic mass is 10.0. The second-order valence-electron chi connectivity index (χ2n) is 3.92. The minimum Gasteiger partial charge on any atom is -0.386 e. The van der Waals surface area contributed by atoms with Crippen LogP contribution in [0, 0.1) is 0 Å². The Morgan fingerprint density at radius 3 is 2.50 bits per heavy atom. The van der Waals surface area contributed by atoms with Gasteiger partial charge in [0.05, 0.1) is 0 Å². The molecule has 0 aliphatic heterocycles. The van der Waals surface area contributed by atoms with Gasteiger partial charge in [0, 0.05) is 0 Å². The van der Waals surface area contributed by atoms with Crippen molar-refractivity contribution < 1.29 is 10.2 Å². The average Bonchev–Trinajstić information content (AvgIpc) is 2.34. The summed E-state index contributed by atoms with van der Waals surface area (Å²) in [6.45, 7) is 2.13. The highest BCUT2D eigenvalue weighted by Gasteiger charge is 2.14. The van der Waals surface area contributed by atoms with Gasteiger partial charge in [-0.3, -0.25) is 0 Å². The number of benzene rings is 1. The molecule has 0 radical (unpaired) electrons. The van der Waals surface area contributed by atoms with E-state index < -0.39 is 12.2 Å². The Labute approximate surface area is 97.2 Å². The second kappa shape index (κ2) is 7.20. The maximum absolute atomic E-state index is 9.84. The molecule has 88 valence electrons. The normalized spacial score (nSPS) is 15.2. The van der Waals surface area contributed by atoms with Crippen LogP contribution < -0.4 is 0 Å². The van der Waals surface area contributed by atoms with Gasteiger partial charge in [0.15, 0.2) is 0 Å². The molecule has 0 aliphatic rings. The number of allylic oxidation sites excluding steroid dienone is 1. The predicted octanol–water partition coefficient (Wildman–Crippen LogP) is 2.83. The average molecular weight is 220 g/mol. The van der Waals surface area contributed by atoms with Crippen molar-refractivity contribution in [2.24, 2.45) is 0 Å². The Kier molecular flexibility index (Phi) is 5.83. The van der Waals surface area contributed by atoms with E-state index in [-0.39, 0.29) is 0 Å². The van der Waals surface area contributed by atoms with Crippen LogP contribution in [0.15, 0.2) is 42.5 Å². The third-order valence-corrected chi connectivity index (χ3v) is 2.52. The van der Waals surface area contributed by atoms with Crippen LogP contribution in [-0.4, -0.2) is 16.3 Å². The Morgan fingerprint density at radius 2 is 1.88 bits per heavy atom. The minimum absolute atomic E-state index is 0.746. The molecule has 0 saturated carbocycles. The largest absolute Gasteiger partial charge is 0.386 e. The molecule has 1 aromatic rings. The summed E-state index contributed by atoms with van der Waals surface area (Å²) in [6, 6.07) is 9.22. The topological polar surface area (TPSA) is 40.5 Å². The van der Waals surface area contributed by atoms with E-state index in [1.165, 1.54) is 0 Å². The van der Waals surface area contributed by atoms with E-state index in [9.17, 15) is 10.2 Å². The van der Waals surface area contributed by atoms with Crippen LogP contribution in [0.1, 0.15) is 37.9 Å². The van der Waals surface area contributed by atoms with E-state index in [1.807, 2.05) is 36.4 Å². The van der Waals surface area contributed by atoms with Crippen molar-refractivity contribution in [1.82, 2.24) is 0 Å². The molecule has 2 heteroatoms. The smallest absolute Gasteiger partial charge is 0.108 e. The van der Waals surface area contributed by atoms with Crippen LogP contribution in [0.5, 0.6) is 0 Å². The van der Waals surface area contributed by atoms with Gasteiger partial charge in [0.1, 0.15) is 12.2 Å². The third-order valence-electron chi connectivity index (χ3n) is 2.52. The lowest BCUT2D eigenvalue weighted by Crippen LogP contribution is -2.15. The van der Waals surface area contributed by atoms with Crippen molar-refractivity contribution in [2.75, 3.05) is 0 Å². The van der Waals surface area contributed by atoms with E-state index in [0.717, 1.165) is 24.8 Å². The lowest BCUT2D eigenvalue weighted by Gasteiger charge is -2.14. The van der Waals surface area contributed by atoms with Gasteiger partial charge in [-0.1, -0.05) is 62.2 Å². The zero-order chi connectivity index (χ0) is 11.8. The molecule has 0 saturated heterocycles. The van der Waals surface area contributed by atoms with E-state index in [2.05, 4.69) is 6.92 Å². The maximum Gasteiger partial charge on any atom is 0.108 e. The van der Waals surface area contributed by atoms with Crippen LogP contribution in [0.4, 0.5) is 0 Å². The van der Waals surface area contributed by atoms with Gasteiger partial charge in [0.25, 0.3) is 0 Å². The molecule has 2 N–H and O–H groups in total. The summed E-state index contributed by atoms with van der Waals surface area (Å²) < 4.78 is 0. The summed E-state index contributed by atoms with van der Waals surface area (Å²) in [6.07, 6.45) is 5.16. The monoisotopic (exact) mass is 220 g/mol. The van der Waals surface area contributed by atoms with Crippen LogP contribution in [0.25, 0.3) is 0 Å². The molecule has 16 heavy (non-hydrogen) atoms. The van der Waals surface area contributed by atoms with Crippen LogP contribution in [-0.2, 0) is 0 Å². The van der Waals surface area contributed by atoms with Crippen LogP contribution in [0.2, 0.25) is 0 Å². The standard InChI is InChI=1S/C14H20O2/c1-2-3-4-8-11-13(15)14(16)12-9-6-5-7-10-12/h5-11,13-16H,2-4H2,1H3/b11-8-/t13-,14+/m1/s1. The lowest BCUT2D eigenvalue weighted by molar-refractivity contribution is 0.0481. The van der Waals surface area contributed by atoms with Gasteiger partial charge in [-0.15, -0.1) is 0 Å². The number of hydrogen-bond acceptors (Lipinski definition) is 2. The summed E-state index contributed by atoms with van der Waals surface area (Å²) in [7, 11) is 0. The number of rotatable bonds is 6. The quantitative estimate of drug-likeness (QED) is 0.571. The molecule has 1 rings (SSSR count). The Bertz CT molecular complexity index is 306. The Morgan fingerprint density at radius 1 is 1.19 bits per heavy atom. The zero-order valence-electron chi connectivity index (χ0n) is 9.71. The third kappa shape index (κ3) is 4.17. The summed E-state index contributed by atoms with van der Waals surface area (Å²) in [5.74, 6) is 0. The highest BCUT2D eigenvalue weighted by atomic mass is 16.3. The summed E-state index contributed by atoms with van der Waals surface area (Å²) in [5.41, 5.74) is 0.746. The molecule has 0 heterocycles. The van der Waals surface area contributed by atoms with E-state index in [0.29, 0.717) is 0 Å². The summed E-state index contributed by atoms with van der Waals surface area (Å²) in [4.78, 5) is 0. The van der Waals surface area contributed by atoms with Crippen molar-refractivity contribution in [2.45, 2.75) is 38.4 Å². The van der Waals surface area contributed by atoms with Gasteiger partial charge in [-0.2, -0.15) is 0 Å². The van der Waals surface area contributed by atoms with Gasteiger partial charge < -0.3 is 10.2 Å². The van der Waals surface area contributed by atoms with Crippen LogP contribution >= 0.6 is 0 Å². The first-order chi connectivity index (χ1) is 7.75. The van der Waals surface area contributed by atoms with Crippen molar-refractivity contribution in [3.05, 3.63) is 48.0 Å². The van der Waals surface area contributed by atoms with Crippen molar-refractivity contribution in [3.63, 3.8) is 0 Å². The molecule has 0 aromatic heterocycles. The number of hydrogen-bond donors (Lipinski definition) is 2. The summed E-state index contributed by atoms with van der Waals surface area (Å²) in [5, 5.41) is 19.6. The fourth-order valence-corrected chi connectivity index (χ4v) is 1.51. The highest BCUT2D eigenvalue weighted by Crippen LogP contribution is 2.17. The molecule has 0 aliphatic carbocycles. The van der Waals surface area contributed by atoms with Gasteiger partial charge in [0.2, 0.25) is 0 Å². The Balaban J connectivity index is 2.48. The van der Waals surface area contributed by atoms with Crippen molar-refractivity contribution >= 4 is 0 Å². The fourth-order valence-electron chi connectivity index (χ4n) is 1.51. The van der Waals surface area contributed by atoms with Gasteiger partial charge in [-0.05, 0) is 12.0 Å². The molecule has 0 unspecified atom stereocenters. The molecule has 0 bridgehead atoms. The van der Waals surface area contributed by atoms with Gasteiger partial charge in [-0.25, -0.2) is 0 Å². The molecule has 0 fully saturated rings.